The summed E-state index contributed by atoms with van der Waals surface area (Å²) in [5.41, 5.74) is 5.44. The molecule has 0 unspecified atom stereocenters. The summed E-state index contributed by atoms with van der Waals surface area (Å²) in [4.78, 5) is 9.51. The van der Waals surface area contributed by atoms with Gasteiger partial charge in [-0.1, -0.05) is 6.42 Å². The monoisotopic (exact) mass is 236 g/mol. The number of nitrogens with one attached hydrogen (secondary N) is 1. The molecule has 0 radical (unpaired) electrons. The summed E-state index contributed by atoms with van der Waals surface area (Å²) in [7, 11) is 0. The van der Waals surface area contributed by atoms with Crippen LogP contribution in [0, 0.1) is 0 Å². The van der Waals surface area contributed by atoms with Crippen molar-refractivity contribution in [3.8, 4) is 0 Å². The molecule has 2 heterocycles. The molecule has 0 saturated carbocycles. The lowest BCUT2D eigenvalue weighted by molar-refractivity contribution is 0.706. The summed E-state index contributed by atoms with van der Waals surface area (Å²) in [6.07, 6.45) is 5.01. The van der Waals surface area contributed by atoms with Crippen LogP contribution in [0.1, 0.15) is 19.3 Å². The third kappa shape index (κ3) is 2.68. The highest BCUT2D eigenvalue weighted by atomic mass is 32.1. The van der Waals surface area contributed by atoms with Gasteiger partial charge in [-0.15, -0.1) is 11.3 Å². The van der Waals surface area contributed by atoms with E-state index in [1.165, 1.54) is 6.42 Å². The van der Waals surface area contributed by atoms with E-state index >= 15 is 0 Å². The van der Waals surface area contributed by atoms with E-state index in [0.29, 0.717) is 0 Å². The van der Waals surface area contributed by atoms with Crippen molar-refractivity contribution in [1.82, 2.24) is 9.97 Å². The Hall–Kier alpha value is -1.20. The Labute approximate surface area is 98.9 Å². The number of nitrogens with two attached hydrogens (primary N) is 1. The van der Waals surface area contributed by atoms with Crippen molar-refractivity contribution in [2.24, 2.45) is 5.73 Å². The van der Waals surface area contributed by atoms with Crippen molar-refractivity contribution in [1.29, 1.82) is 0 Å². The van der Waals surface area contributed by atoms with Gasteiger partial charge in [-0.25, -0.2) is 9.97 Å². The average molecular weight is 236 g/mol. The van der Waals surface area contributed by atoms with Crippen molar-refractivity contribution < 1.29 is 0 Å². The highest BCUT2D eigenvalue weighted by Crippen LogP contribution is 2.23. The van der Waals surface area contributed by atoms with Crippen LogP contribution in [0.3, 0.4) is 0 Å². The number of hydrogen-bond donors (Lipinski definition) is 2. The van der Waals surface area contributed by atoms with E-state index in [-0.39, 0.29) is 0 Å². The molecule has 0 aliphatic carbocycles. The van der Waals surface area contributed by atoms with Gasteiger partial charge in [0.2, 0.25) is 0 Å². The topological polar surface area (TPSA) is 63.8 Å². The molecule has 3 N–H and O–H groups in total. The van der Waals surface area contributed by atoms with Gasteiger partial charge in [0, 0.05) is 6.54 Å². The number of nitrogens with zero attached hydrogens (tertiary/aromatic N) is 2. The van der Waals surface area contributed by atoms with Crippen LogP contribution in [0.2, 0.25) is 0 Å². The second-order valence-corrected chi connectivity index (χ2v) is 4.53. The fourth-order valence-corrected chi connectivity index (χ4v) is 2.32. The smallest absolute Gasteiger partial charge is 0.138 e. The highest BCUT2D eigenvalue weighted by molar-refractivity contribution is 7.16. The fourth-order valence-electron chi connectivity index (χ4n) is 1.58. The Kier molecular flexibility index (Phi) is 4.07. The molecular weight excluding hydrogens is 220 g/mol. The van der Waals surface area contributed by atoms with Crippen LogP contribution in [0.4, 0.5) is 5.82 Å². The number of fused-ring (bicyclic) bond motifs is 1. The molecule has 0 saturated heterocycles. The lowest BCUT2D eigenvalue weighted by Crippen LogP contribution is -2.05. The number of rotatable bonds is 6. The highest BCUT2D eigenvalue weighted by Gasteiger charge is 2.02. The molecule has 5 heteroatoms. The van der Waals surface area contributed by atoms with Gasteiger partial charge < -0.3 is 11.1 Å². The molecule has 0 amide bonds. The zero-order valence-electron chi connectivity index (χ0n) is 9.15. The molecule has 0 fully saturated rings. The van der Waals surface area contributed by atoms with Crippen LogP contribution < -0.4 is 11.1 Å². The van der Waals surface area contributed by atoms with Crippen molar-refractivity contribution in [3.05, 3.63) is 17.8 Å². The Morgan fingerprint density at radius 2 is 2.19 bits per heavy atom. The first-order valence-electron chi connectivity index (χ1n) is 5.54. The Bertz CT molecular complexity index is 440. The Morgan fingerprint density at radius 1 is 1.25 bits per heavy atom. The summed E-state index contributed by atoms with van der Waals surface area (Å²) < 4.78 is 0. The van der Waals surface area contributed by atoms with Crippen molar-refractivity contribution in [3.63, 3.8) is 0 Å². The first kappa shape index (κ1) is 11.3. The largest absolute Gasteiger partial charge is 0.369 e. The molecule has 2 aromatic rings. The molecule has 2 aromatic heterocycles. The molecule has 0 spiro atoms. The lowest BCUT2D eigenvalue weighted by atomic mass is 10.2. The molecule has 0 aromatic carbocycles. The minimum atomic E-state index is 0.780. The lowest BCUT2D eigenvalue weighted by Gasteiger charge is -2.05. The second kappa shape index (κ2) is 5.77. The van der Waals surface area contributed by atoms with Gasteiger partial charge in [0.05, 0.1) is 5.39 Å². The predicted molar refractivity (Wildman–Crippen MR) is 68.8 cm³/mol. The molecule has 86 valence electrons. The van der Waals surface area contributed by atoms with Crippen LogP contribution in [0.25, 0.3) is 10.2 Å². The van der Waals surface area contributed by atoms with Gasteiger partial charge in [0.15, 0.2) is 0 Å². The molecule has 16 heavy (non-hydrogen) atoms. The molecule has 4 nitrogen and oxygen atoms in total. The zero-order valence-corrected chi connectivity index (χ0v) is 9.96. The summed E-state index contributed by atoms with van der Waals surface area (Å²) in [6, 6.07) is 2.06. The molecular formula is C11H16N4S. The quantitative estimate of drug-likeness (QED) is 0.755. The standard InChI is InChI=1S/C11H16N4S/c12-5-2-1-3-6-13-10-9-4-7-16-11(9)15-8-14-10/h4,7-8H,1-3,5-6,12H2,(H,13,14,15). The minimum Gasteiger partial charge on any atom is -0.369 e. The number of thiophene rings is 1. The Morgan fingerprint density at radius 3 is 3.06 bits per heavy atom. The van der Waals surface area contributed by atoms with Crippen LogP contribution in [0.5, 0.6) is 0 Å². The molecule has 0 aliphatic rings. The third-order valence-electron chi connectivity index (χ3n) is 2.44. The first-order valence-corrected chi connectivity index (χ1v) is 6.42. The summed E-state index contributed by atoms with van der Waals surface area (Å²) in [5.74, 6) is 0.944. The van der Waals surface area contributed by atoms with Crippen LogP contribution >= 0.6 is 11.3 Å². The van der Waals surface area contributed by atoms with Gasteiger partial charge in [0.1, 0.15) is 17.0 Å². The predicted octanol–water partition coefficient (Wildman–Crippen LogP) is 2.23. The molecule has 0 aliphatic heterocycles. The normalized spacial score (nSPS) is 10.8. The van der Waals surface area contributed by atoms with Crippen LogP contribution in [0.15, 0.2) is 17.8 Å². The van der Waals surface area contributed by atoms with E-state index < -0.39 is 0 Å². The van der Waals surface area contributed by atoms with Crippen LogP contribution in [-0.2, 0) is 0 Å². The first-order chi connectivity index (χ1) is 7.92. The van der Waals surface area contributed by atoms with E-state index in [1.807, 2.05) is 5.38 Å². The van der Waals surface area contributed by atoms with E-state index in [2.05, 4.69) is 21.4 Å². The van der Waals surface area contributed by atoms with Crippen LogP contribution in [-0.4, -0.2) is 23.1 Å². The minimum absolute atomic E-state index is 0.780. The summed E-state index contributed by atoms with van der Waals surface area (Å²) in [5, 5.41) is 6.50. The number of hydrogen-bond acceptors (Lipinski definition) is 5. The fraction of sp³-hybridized carbons (Fsp3) is 0.455. The third-order valence-corrected chi connectivity index (χ3v) is 3.26. The number of anilines is 1. The number of aromatic nitrogens is 2. The summed E-state index contributed by atoms with van der Waals surface area (Å²) >= 11 is 1.64. The van der Waals surface area contributed by atoms with Gasteiger partial charge in [-0.3, -0.25) is 0 Å². The second-order valence-electron chi connectivity index (χ2n) is 3.64. The van der Waals surface area contributed by atoms with E-state index in [9.17, 15) is 0 Å². The van der Waals surface area contributed by atoms with Gasteiger partial charge >= 0.3 is 0 Å². The van der Waals surface area contributed by atoms with E-state index in [0.717, 1.165) is 42.0 Å². The molecule has 0 bridgehead atoms. The van der Waals surface area contributed by atoms with Crippen molar-refractivity contribution in [2.75, 3.05) is 18.4 Å². The SMILES string of the molecule is NCCCCCNc1ncnc2sccc12. The zero-order chi connectivity index (χ0) is 11.2. The van der Waals surface area contributed by atoms with E-state index in [1.54, 1.807) is 17.7 Å². The van der Waals surface area contributed by atoms with E-state index in [4.69, 9.17) is 5.73 Å². The average Bonchev–Trinajstić information content (AvgIpc) is 2.77. The maximum atomic E-state index is 5.44. The van der Waals surface area contributed by atoms with Gasteiger partial charge in [-0.05, 0) is 30.8 Å². The van der Waals surface area contributed by atoms with Crippen molar-refractivity contribution >= 4 is 27.4 Å². The maximum Gasteiger partial charge on any atom is 0.138 e. The number of unbranched alkanes of at least 4 members (excludes halogenated alkanes) is 2. The summed E-state index contributed by atoms with van der Waals surface area (Å²) in [6.45, 7) is 1.73. The van der Waals surface area contributed by atoms with Crippen molar-refractivity contribution in [2.45, 2.75) is 19.3 Å². The van der Waals surface area contributed by atoms with Gasteiger partial charge in [-0.2, -0.15) is 0 Å². The molecule has 2 rings (SSSR count). The Balaban J connectivity index is 1.91. The van der Waals surface area contributed by atoms with Gasteiger partial charge in [0.25, 0.3) is 0 Å². The maximum absolute atomic E-state index is 5.44. The molecule has 0 atom stereocenters.